The van der Waals surface area contributed by atoms with Crippen LogP contribution < -0.4 is 10.6 Å². The summed E-state index contributed by atoms with van der Waals surface area (Å²) in [6.45, 7) is 6.84. The van der Waals surface area contributed by atoms with Crippen LogP contribution in [0.5, 0.6) is 5.75 Å². The number of carbonyl (C=O) groups excluding carboxylic acids is 1. The van der Waals surface area contributed by atoms with Crippen LogP contribution in [-0.4, -0.2) is 24.6 Å². The van der Waals surface area contributed by atoms with Crippen LogP contribution in [0.4, 0.5) is 0 Å². The maximum Gasteiger partial charge on any atom is 0.239 e. The van der Waals surface area contributed by atoms with E-state index in [-0.39, 0.29) is 17.7 Å². The van der Waals surface area contributed by atoms with Crippen LogP contribution in [0.25, 0.3) is 0 Å². The van der Waals surface area contributed by atoms with Gasteiger partial charge < -0.3 is 4.74 Å². The molecule has 1 rings (SSSR count). The van der Waals surface area contributed by atoms with E-state index in [0.29, 0.717) is 6.61 Å². The Morgan fingerprint density at radius 1 is 1.28 bits per heavy atom. The van der Waals surface area contributed by atoms with Gasteiger partial charge in [-0.2, -0.15) is 0 Å². The highest BCUT2D eigenvalue weighted by molar-refractivity contribution is 5.75. The van der Waals surface area contributed by atoms with Crippen molar-refractivity contribution >= 4 is 5.91 Å². The Bertz CT molecular complexity index is 391. The van der Waals surface area contributed by atoms with Gasteiger partial charge in [-0.1, -0.05) is 32.9 Å². The third-order valence-corrected chi connectivity index (χ3v) is 2.70. The Hall–Kier alpha value is -1.55. The lowest BCUT2D eigenvalue weighted by Gasteiger charge is -2.19. The summed E-state index contributed by atoms with van der Waals surface area (Å²) in [5, 5.41) is 1.08. The summed E-state index contributed by atoms with van der Waals surface area (Å²) in [6.07, 6.45) is 0.286. The van der Waals surface area contributed by atoms with E-state index in [9.17, 15) is 4.79 Å². The Balaban J connectivity index is 2.47. The van der Waals surface area contributed by atoms with Crippen LogP contribution in [0, 0.1) is 0 Å². The Labute approximate surface area is 109 Å². The first-order chi connectivity index (χ1) is 8.30. The summed E-state index contributed by atoms with van der Waals surface area (Å²) in [5.74, 6) is 5.95. The van der Waals surface area contributed by atoms with E-state index in [4.69, 9.17) is 10.6 Å². The Morgan fingerprint density at radius 3 is 2.28 bits per heavy atom. The zero-order chi connectivity index (χ0) is 13.8. The zero-order valence-electron chi connectivity index (χ0n) is 11.6. The van der Waals surface area contributed by atoms with Crippen molar-refractivity contribution in [2.45, 2.75) is 32.6 Å². The van der Waals surface area contributed by atoms with E-state index < -0.39 is 0 Å². The summed E-state index contributed by atoms with van der Waals surface area (Å²) in [4.78, 5) is 11.2. The molecule has 0 radical (unpaired) electrons. The fourth-order valence-electron chi connectivity index (χ4n) is 1.48. The number of hydrogen-bond acceptors (Lipinski definition) is 3. The third-order valence-electron chi connectivity index (χ3n) is 2.70. The number of rotatable bonds is 4. The van der Waals surface area contributed by atoms with Crippen molar-refractivity contribution in [2.75, 3.05) is 13.7 Å². The van der Waals surface area contributed by atoms with Crippen molar-refractivity contribution in [2.24, 2.45) is 5.84 Å². The minimum Gasteiger partial charge on any atom is -0.493 e. The van der Waals surface area contributed by atoms with Gasteiger partial charge in [-0.3, -0.25) is 9.80 Å². The van der Waals surface area contributed by atoms with Crippen LogP contribution >= 0.6 is 0 Å². The molecule has 0 bridgehead atoms. The SMILES string of the molecule is CN(N)C(=O)CCOc1ccc(C(C)(C)C)cc1. The van der Waals surface area contributed by atoms with E-state index in [1.165, 1.54) is 12.6 Å². The Morgan fingerprint density at radius 2 is 1.83 bits per heavy atom. The van der Waals surface area contributed by atoms with Crippen LogP contribution in [0.3, 0.4) is 0 Å². The molecule has 0 aliphatic rings. The van der Waals surface area contributed by atoms with Gasteiger partial charge in [-0.05, 0) is 23.1 Å². The van der Waals surface area contributed by atoms with Crippen LogP contribution in [0.1, 0.15) is 32.8 Å². The molecule has 0 aliphatic carbocycles. The van der Waals surface area contributed by atoms with Gasteiger partial charge in [-0.15, -0.1) is 0 Å². The maximum atomic E-state index is 11.2. The zero-order valence-corrected chi connectivity index (χ0v) is 11.6. The molecule has 0 heterocycles. The monoisotopic (exact) mass is 250 g/mol. The molecule has 18 heavy (non-hydrogen) atoms. The largest absolute Gasteiger partial charge is 0.493 e. The van der Waals surface area contributed by atoms with Crippen molar-refractivity contribution in [1.82, 2.24) is 5.01 Å². The van der Waals surface area contributed by atoms with Gasteiger partial charge in [0.2, 0.25) is 5.91 Å². The first-order valence-electron chi connectivity index (χ1n) is 6.05. The normalized spacial score (nSPS) is 11.2. The topological polar surface area (TPSA) is 55.6 Å². The molecule has 4 heteroatoms. The molecular formula is C14H22N2O2. The van der Waals surface area contributed by atoms with Gasteiger partial charge >= 0.3 is 0 Å². The quantitative estimate of drug-likeness (QED) is 0.506. The lowest BCUT2D eigenvalue weighted by Crippen LogP contribution is -2.33. The van der Waals surface area contributed by atoms with E-state index >= 15 is 0 Å². The molecule has 0 fully saturated rings. The predicted octanol–water partition coefficient (Wildman–Crippen LogP) is 2.09. The molecule has 1 aromatic rings. The highest BCUT2D eigenvalue weighted by Gasteiger charge is 2.13. The standard InChI is InChI=1S/C14H22N2O2/c1-14(2,3)11-5-7-12(8-6-11)18-10-9-13(17)16(4)15/h5-8H,9-10,15H2,1-4H3. The molecule has 0 unspecified atom stereocenters. The molecule has 4 nitrogen and oxygen atoms in total. The lowest BCUT2D eigenvalue weighted by molar-refractivity contribution is -0.130. The first-order valence-corrected chi connectivity index (χ1v) is 6.05. The number of ether oxygens (including phenoxy) is 1. The summed E-state index contributed by atoms with van der Waals surface area (Å²) in [6, 6.07) is 7.95. The highest BCUT2D eigenvalue weighted by Crippen LogP contribution is 2.24. The van der Waals surface area contributed by atoms with Crippen molar-refractivity contribution in [3.05, 3.63) is 29.8 Å². The molecule has 1 amide bonds. The van der Waals surface area contributed by atoms with Crippen molar-refractivity contribution in [1.29, 1.82) is 0 Å². The molecular weight excluding hydrogens is 228 g/mol. The van der Waals surface area contributed by atoms with Gasteiger partial charge in [0.25, 0.3) is 0 Å². The Kier molecular flexibility index (Phi) is 4.73. The molecule has 1 aromatic carbocycles. The van der Waals surface area contributed by atoms with Crippen LogP contribution in [0.2, 0.25) is 0 Å². The van der Waals surface area contributed by atoms with Gasteiger partial charge in [0.15, 0.2) is 0 Å². The summed E-state index contributed by atoms with van der Waals surface area (Å²) < 4.78 is 5.49. The van der Waals surface area contributed by atoms with E-state index in [2.05, 4.69) is 20.8 Å². The van der Waals surface area contributed by atoms with Crippen LogP contribution in [-0.2, 0) is 10.2 Å². The number of hydrazine groups is 1. The number of hydrogen-bond donors (Lipinski definition) is 1. The summed E-state index contributed by atoms with van der Waals surface area (Å²) >= 11 is 0. The second-order valence-electron chi connectivity index (χ2n) is 5.38. The molecule has 0 atom stereocenters. The summed E-state index contributed by atoms with van der Waals surface area (Å²) in [5.41, 5.74) is 1.39. The van der Waals surface area contributed by atoms with Crippen LogP contribution in [0.15, 0.2) is 24.3 Å². The highest BCUT2D eigenvalue weighted by atomic mass is 16.5. The third kappa shape index (κ3) is 4.37. The van der Waals surface area contributed by atoms with E-state index in [1.807, 2.05) is 24.3 Å². The van der Waals surface area contributed by atoms with Gasteiger partial charge in [0.1, 0.15) is 5.75 Å². The average molecular weight is 250 g/mol. The number of benzene rings is 1. The number of nitrogens with two attached hydrogens (primary N) is 1. The smallest absolute Gasteiger partial charge is 0.239 e. The first kappa shape index (κ1) is 14.5. The predicted molar refractivity (Wildman–Crippen MR) is 72.2 cm³/mol. The molecule has 2 N–H and O–H groups in total. The maximum absolute atomic E-state index is 11.2. The molecule has 0 spiro atoms. The lowest BCUT2D eigenvalue weighted by atomic mass is 9.87. The molecule has 0 aromatic heterocycles. The summed E-state index contributed by atoms with van der Waals surface area (Å²) in [7, 11) is 1.53. The number of nitrogens with zero attached hydrogens (tertiary/aromatic N) is 1. The number of amides is 1. The fourth-order valence-corrected chi connectivity index (χ4v) is 1.48. The molecule has 0 saturated carbocycles. The van der Waals surface area contributed by atoms with Crippen molar-refractivity contribution < 1.29 is 9.53 Å². The number of carbonyl (C=O) groups is 1. The van der Waals surface area contributed by atoms with Gasteiger partial charge in [-0.25, -0.2) is 5.84 Å². The second-order valence-corrected chi connectivity index (χ2v) is 5.38. The van der Waals surface area contributed by atoms with Crippen molar-refractivity contribution in [3.63, 3.8) is 0 Å². The molecule has 0 aliphatic heterocycles. The van der Waals surface area contributed by atoms with E-state index in [0.717, 1.165) is 10.8 Å². The second kappa shape index (κ2) is 5.87. The average Bonchev–Trinajstić information content (AvgIpc) is 2.28. The molecule has 0 saturated heterocycles. The van der Waals surface area contributed by atoms with Crippen molar-refractivity contribution in [3.8, 4) is 5.75 Å². The minimum atomic E-state index is -0.138. The fraction of sp³-hybridized carbons (Fsp3) is 0.500. The van der Waals surface area contributed by atoms with Gasteiger partial charge in [0.05, 0.1) is 13.0 Å². The minimum absolute atomic E-state index is 0.136. The van der Waals surface area contributed by atoms with Gasteiger partial charge in [0, 0.05) is 7.05 Å². The van der Waals surface area contributed by atoms with E-state index in [1.54, 1.807) is 0 Å². The molecule has 100 valence electrons.